The summed E-state index contributed by atoms with van der Waals surface area (Å²) in [5.41, 5.74) is 8.63. The van der Waals surface area contributed by atoms with Gasteiger partial charge in [-0.15, -0.1) is 11.3 Å². The van der Waals surface area contributed by atoms with Gasteiger partial charge in [0.05, 0.1) is 7.11 Å². The molecule has 0 unspecified atom stereocenters. The summed E-state index contributed by atoms with van der Waals surface area (Å²) in [6, 6.07) is 9.97. The number of benzene rings is 1. The Balaban J connectivity index is 1.92. The molecular weight excluding hydrogens is 334 g/mol. The molecule has 0 spiro atoms. The number of thiophene rings is 1. The van der Waals surface area contributed by atoms with Gasteiger partial charge in [-0.1, -0.05) is 37.3 Å². The number of piperazine rings is 1. The fourth-order valence-electron chi connectivity index (χ4n) is 3.29. The van der Waals surface area contributed by atoms with Gasteiger partial charge in [0.25, 0.3) is 0 Å². The smallest absolute Gasteiger partial charge is 0.341 e. The molecule has 25 heavy (non-hydrogen) atoms. The van der Waals surface area contributed by atoms with Crippen LogP contribution in [0.25, 0.3) is 11.1 Å². The van der Waals surface area contributed by atoms with Crippen molar-refractivity contribution in [1.82, 2.24) is 9.80 Å². The predicted molar refractivity (Wildman–Crippen MR) is 103 cm³/mol. The number of rotatable bonds is 5. The maximum atomic E-state index is 12.3. The molecule has 2 heterocycles. The van der Waals surface area contributed by atoms with Crippen molar-refractivity contribution in [1.29, 1.82) is 0 Å². The maximum Gasteiger partial charge on any atom is 0.341 e. The summed E-state index contributed by atoms with van der Waals surface area (Å²) in [7, 11) is 1.40. The quantitative estimate of drug-likeness (QED) is 0.832. The molecule has 0 aliphatic carbocycles. The molecule has 1 aliphatic rings. The summed E-state index contributed by atoms with van der Waals surface area (Å²) in [4.78, 5) is 18.3. The molecule has 2 aromatic rings. The Kier molecular flexibility index (Phi) is 5.73. The lowest BCUT2D eigenvalue weighted by atomic mass is 10.0. The highest BCUT2D eigenvalue weighted by atomic mass is 32.1. The number of nitrogens with two attached hydrogens (primary N) is 1. The second kappa shape index (κ2) is 7.99. The van der Waals surface area contributed by atoms with Gasteiger partial charge >= 0.3 is 5.97 Å². The maximum absolute atomic E-state index is 12.3. The van der Waals surface area contributed by atoms with Crippen LogP contribution in [0.3, 0.4) is 0 Å². The first-order valence-electron chi connectivity index (χ1n) is 8.63. The van der Waals surface area contributed by atoms with Crippen molar-refractivity contribution in [3.63, 3.8) is 0 Å². The highest BCUT2D eigenvalue weighted by molar-refractivity contribution is 7.17. The van der Waals surface area contributed by atoms with E-state index >= 15 is 0 Å². The van der Waals surface area contributed by atoms with Crippen LogP contribution < -0.4 is 5.73 Å². The zero-order chi connectivity index (χ0) is 17.8. The van der Waals surface area contributed by atoms with E-state index in [1.807, 2.05) is 30.3 Å². The minimum Gasteiger partial charge on any atom is -0.465 e. The van der Waals surface area contributed by atoms with Crippen LogP contribution in [0.5, 0.6) is 0 Å². The van der Waals surface area contributed by atoms with Crippen molar-refractivity contribution >= 4 is 22.3 Å². The summed E-state index contributed by atoms with van der Waals surface area (Å²) in [6.45, 7) is 8.35. The number of esters is 1. The Morgan fingerprint density at radius 1 is 1.16 bits per heavy atom. The molecule has 1 fully saturated rings. The van der Waals surface area contributed by atoms with E-state index < -0.39 is 0 Å². The van der Waals surface area contributed by atoms with Crippen LogP contribution >= 0.6 is 11.3 Å². The lowest BCUT2D eigenvalue weighted by Gasteiger charge is -2.33. The average Bonchev–Trinajstić information content (AvgIpc) is 2.98. The normalized spacial score (nSPS) is 16.1. The van der Waals surface area contributed by atoms with E-state index in [1.54, 1.807) is 0 Å². The van der Waals surface area contributed by atoms with Crippen molar-refractivity contribution in [2.75, 3.05) is 45.6 Å². The second-order valence-electron chi connectivity index (χ2n) is 6.21. The molecule has 1 aromatic heterocycles. The molecule has 0 bridgehead atoms. The fourth-order valence-corrected chi connectivity index (χ4v) is 4.41. The summed E-state index contributed by atoms with van der Waals surface area (Å²) >= 11 is 1.50. The predicted octanol–water partition coefficient (Wildman–Crippen LogP) is 2.92. The molecule has 0 amide bonds. The third kappa shape index (κ3) is 3.86. The monoisotopic (exact) mass is 359 g/mol. The molecule has 0 radical (unpaired) electrons. The van der Waals surface area contributed by atoms with Gasteiger partial charge in [-0.3, -0.25) is 4.90 Å². The molecule has 3 rings (SSSR count). The van der Waals surface area contributed by atoms with Crippen LogP contribution in [0.2, 0.25) is 0 Å². The summed E-state index contributed by atoms with van der Waals surface area (Å²) < 4.78 is 4.98. The number of carbonyl (C=O) groups excluding carboxylic acids is 1. The van der Waals surface area contributed by atoms with Crippen molar-refractivity contribution in [2.45, 2.75) is 13.5 Å². The third-order valence-corrected chi connectivity index (χ3v) is 5.74. The summed E-state index contributed by atoms with van der Waals surface area (Å²) in [6.07, 6.45) is 0. The van der Waals surface area contributed by atoms with Crippen molar-refractivity contribution in [3.8, 4) is 11.1 Å². The Hall–Kier alpha value is -1.89. The highest BCUT2D eigenvalue weighted by Crippen LogP contribution is 2.39. The Bertz CT molecular complexity index is 722. The molecular formula is C19H25N3O2S. The molecule has 1 saturated heterocycles. The van der Waals surface area contributed by atoms with Gasteiger partial charge in [-0.2, -0.15) is 0 Å². The third-order valence-electron chi connectivity index (χ3n) is 4.74. The first-order valence-corrected chi connectivity index (χ1v) is 9.45. The van der Waals surface area contributed by atoms with E-state index in [0.29, 0.717) is 10.6 Å². The van der Waals surface area contributed by atoms with Crippen molar-refractivity contribution in [3.05, 3.63) is 40.8 Å². The zero-order valence-electron chi connectivity index (χ0n) is 14.8. The van der Waals surface area contributed by atoms with Crippen LogP contribution in [0.4, 0.5) is 5.00 Å². The van der Waals surface area contributed by atoms with Gasteiger partial charge in [0, 0.05) is 43.2 Å². The molecule has 5 nitrogen and oxygen atoms in total. The van der Waals surface area contributed by atoms with Gasteiger partial charge < -0.3 is 15.4 Å². The fraction of sp³-hybridized carbons (Fsp3) is 0.421. The second-order valence-corrected chi connectivity index (χ2v) is 7.34. The highest BCUT2D eigenvalue weighted by Gasteiger charge is 2.26. The van der Waals surface area contributed by atoms with Crippen LogP contribution in [0.1, 0.15) is 22.2 Å². The van der Waals surface area contributed by atoms with Gasteiger partial charge in [0.1, 0.15) is 10.6 Å². The van der Waals surface area contributed by atoms with E-state index in [1.165, 1.54) is 18.4 Å². The molecule has 134 valence electrons. The molecule has 0 atom stereocenters. The number of anilines is 1. The van der Waals surface area contributed by atoms with Gasteiger partial charge in [-0.05, 0) is 12.1 Å². The van der Waals surface area contributed by atoms with E-state index in [0.717, 1.165) is 55.3 Å². The average molecular weight is 359 g/mol. The molecule has 0 saturated carbocycles. The standard InChI is InChI=1S/C19H25N3O2S/c1-3-21-9-11-22(12-10-21)13-15-16(14-7-5-4-6-8-14)17(18(20)25-15)19(23)24-2/h4-8H,3,9-13,20H2,1-2H3. The summed E-state index contributed by atoms with van der Waals surface area (Å²) in [5, 5.41) is 0.535. The van der Waals surface area contributed by atoms with E-state index in [2.05, 4.69) is 16.7 Å². The minimum absolute atomic E-state index is 0.366. The Morgan fingerprint density at radius 2 is 1.80 bits per heavy atom. The number of hydrogen-bond acceptors (Lipinski definition) is 6. The van der Waals surface area contributed by atoms with Crippen molar-refractivity contribution in [2.24, 2.45) is 0 Å². The van der Waals surface area contributed by atoms with Crippen LogP contribution in [-0.2, 0) is 11.3 Å². The van der Waals surface area contributed by atoms with Crippen LogP contribution in [0.15, 0.2) is 30.3 Å². The lowest BCUT2D eigenvalue weighted by molar-refractivity contribution is 0.0603. The summed E-state index contributed by atoms with van der Waals surface area (Å²) in [5.74, 6) is -0.366. The number of methoxy groups -OCH3 is 1. The first kappa shape index (κ1) is 17.9. The molecule has 6 heteroatoms. The number of nitrogens with zero attached hydrogens (tertiary/aromatic N) is 2. The molecule has 2 N–H and O–H groups in total. The minimum atomic E-state index is -0.366. The largest absolute Gasteiger partial charge is 0.465 e. The Morgan fingerprint density at radius 3 is 2.40 bits per heavy atom. The van der Waals surface area contributed by atoms with Crippen molar-refractivity contribution < 1.29 is 9.53 Å². The van der Waals surface area contributed by atoms with Crippen LogP contribution in [0, 0.1) is 0 Å². The number of likely N-dealkylation sites (N-methyl/N-ethyl adjacent to an activating group) is 1. The topological polar surface area (TPSA) is 58.8 Å². The number of nitrogen functional groups attached to an aromatic ring is 1. The van der Waals surface area contributed by atoms with Crippen LogP contribution in [-0.4, -0.2) is 55.6 Å². The van der Waals surface area contributed by atoms with Gasteiger partial charge in [0.15, 0.2) is 0 Å². The number of hydrogen-bond donors (Lipinski definition) is 1. The van der Waals surface area contributed by atoms with E-state index in [4.69, 9.17) is 10.5 Å². The molecule has 1 aromatic carbocycles. The molecule has 1 aliphatic heterocycles. The zero-order valence-corrected chi connectivity index (χ0v) is 15.6. The van der Waals surface area contributed by atoms with Gasteiger partial charge in [0.2, 0.25) is 0 Å². The SMILES string of the molecule is CCN1CCN(Cc2sc(N)c(C(=O)OC)c2-c2ccccc2)CC1. The number of ether oxygens (including phenoxy) is 1. The van der Waals surface area contributed by atoms with Gasteiger partial charge in [-0.25, -0.2) is 4.79 Å². The van der Waals surface area contributed by atoms with E-state index in [-0.39, 0.29) is 5.97 Å². The number of carbonyl (C=O) groups is 1. The Labute approximate surface area is 153 Å². The first-order chi connectivity index (χ1) is 12.1. The van der Waals surface area contributed by atoms with E-state index in [9.17, 15) is 4.79 Å². The lowest BCUT2D eigenvalue weighted by Crippen LogP contribution is -2.45.